The van der Waals surface area contributed by atoms with Crippen LogP contribution in [-0.4, -0.2) is 38.2 Å². The van der Waals surface area contributed by atoms with Gasteiger partial charge in [-0.15, -0.1) is 28.3 Å². The second-order valence-corrected chi connectivity index (χ2v) is 7.90. The lowest BCUT2D eigenvalue weighted by Crippen LogP contribution is -2.34. The van der Waals surface area contributed by atoms with Gasteiger partial charge in [-0.1, -0.05) is 6.07 Å². The van der Waals surface area contributed by atoms with E-state index in [4.69, 9.17) is 14.2 Å². The average Bonchev–Trinajstić information content (AvgIpc) is 3.29. The van der Waals surface area contributed by atoms with Crippen LogP contribution in [0, 0.1) is 0 Å². The number of hydrogen-bond acceptors (Lipinski definition) is 6. The standard InChI is InChI=1S/C18H18BrNO4S.BrH/c1-20-6-5-10-14(11(20)8-12(21)13-4-3-7-25-13)16(22-2)18-17(15(10)19)23-9-24-18;/h3-4,7,11H,5-6,8-9H2,1-2H3;1H. The van der Waals surface area contributed by atoms with E-state index in [-0.39, 0.29) is 35.6 Å². The number of carbonyl (C=O) groups excluding carboxylic acids is 1. The van der Waals surface area contributed by atoms with Gasteiger partial charge in [0.15, 0.2) is 17.3 Å². The molecule has 140 valence electrons. The highest BCUT2D eigenvalue weighted by molar-refractivity contribution is 9.10. The molecule has 3 heterocycles. The zero-order chi connectivity index (χ0) is 17.6. The Labute approximate surface area is 175 Å². The summed E-state index contributed by atoms with van der Waals surface area (Å²) < 4.78 is 17.9. The van der Waals surface area contributed by atoms with Crippen LogP contribution in [0.4, 0.5) is 0 Å². The number of carbonyl (C=O) groups is 1. The molecule has 0 saturated heterocycles. The SMILES string of the molecule is Br.COc1c2c(c(Br)c3c1C(CC(=O)c1cccs1)N(C)CC3)OCO2. The van der Waals surface area contributed by atoms with Gasteiger partial charge >= 0.3 is 0 Å². The molecule has 1 atom stereocenters. The number of halogens is 2. The van der Waals surface area contributed by atoms with Gasteiger partial charge in [0, 0.05) is 24.6 Å². The molecule has 1 unspecified atom stereocenters. The molecule has 0 saturated carbocycles. The van der Waals surface area contributed by atoms with E-state index in [9.17, 15) is 4.79 Å². The van der Waals surface area contributed by atoms with Gasteiger partial charge in [0.05, 0.1) is 16.5 Å². The van der Waals surface area contributed by atoms with E-state index < -0.39 is 0 Å². The lowest BCUT2D eigenvalue weighted by atomic mass is 9.88. The highest BCUT2D eigenvalue weighted by atomic mass is 79.9. The third-order valence-corrected chi connectivity index (χ3v) is 6.56. The molecule has 0 fully saturated rings. The average molecular weight is 505 g/mol. The minimum atomic E-state index is -0.0564. The third kappa shape index (κ3) is 3.17. The van der Waals surface area contributed by atoms with E-state index >= 15 is 0 Å². The Kier molecular flexibility index (Phi) is 5.96. The number of thiophene rings is 1. The fourth-order valence-electron chi connectivity index (χ4n) is 3.56. The number of likely N-dealkylation sites (N-methyl/N-ethyl adjacent to an activating group) is 1. The number of fused-ring (bicyclic) bond motifs is 2. The van der Waals surface area contributed by atoms with Crippen LogP contribution in [0.5, 0.6) is 17.2 Å². The van der Waals surface area contributed by atoms with Gasteiger partial charge in [0.1, 0.15) is 0 Å². The fraction of sp³-hybridized carbons (Fsp3) is 0.389. The summed E-state index contributed by atoms with van der Waals surface area (Å²) in [5.74, 6) is 2.15. The van der Waals surface area contributed by atoms with Crippen LogP contribution >= 0.6 is 44.2 Å². The molecule has 8 heteroatoms. The zero-order valence-electron chi connectivity index (χ0n) is 14.4. The van der Waals surface area contributed by atoms with Crippen molar-refractivity contribution in [2.75, 3.05) is 27.5 Å². The summed E-state index contributed by atoms with van der Waals surface area (Å²) in [5.41, 5.74) is 2.17. The maximum atomic E-state index is 12.7. The molecule has 0 bridgehead atoms. The van der Waals surface area contributed by atoms with Gasteiger partial charge < -0.3 is 14.2 Å². The first-order chi connectivity index (χ1) is 12.1. The largest absolute Gasteiger partial charge is 0.492 e. The highest BCUT2D eigenvalue weighted by Gasteiger charge is 2.37. The molecule has 0 amide bonds. The lowest BCUT2D eigenvalue weighted by molar-refractivity contribution is 0.0929. The van der Waals surface area contributed by atoms with Crippen LogP contribution in [0.15, 0.2) is 22.0 Å². The van der Waals surface area contributed by atoms with Gasteiger partial charge in [-0.3, -0.25) is 9.69 Å². The first-order valence-electron chi connectivity index (χ1n) is 8.06. The van der Waals surface area contributed by atoms with Crippen LogP contribution in [-0.2, 0) is 6.42 Å². The van der Waals surface area contributed by atoms with Crippen molar-refractivity contribution >= 4 is 50.0 Å². The van der Waals surface area contributed by atoms with Gasteiger partial charge in [0.2, 0.25) is 12.5 Å². The van der Waals surface area contributed by atoms with Gasteiger partial charge in [-0.25, -0.2) is 0 Å². The molecular formula is C18H19Br2NO4S. The molecule has 2 aliphatic heterocycles. The topological polar surface area (TPSA) is 48.0 Å². The van der Waals surface area contributed by atoms with E-state index in [1.807, 2.05) is 24.6 Å². The number of hydrogen-bond donors (Lipinski definition) is 0. The fourth-order valence-corrected chi connectivity index (χ4v) is 4.94. The van der Waals surface area contributed by atoms with Crippen molar-refractivity contribution in [1.29, 1.82) is 0 Å². The molecule has 0 N–H and O–H groups in total. The van der Waals surface area contributed by atoms with Crippen molar-refractivity contribution in [1.82, 2.24) is 4.90 Å². The summed E-state index contributed by atoms with van der Waals surface area (Å²) in [6.45, 7) is 1.05. The maximum Gasteiger partial charge on any atom is 0.231 e. The molecule has 0 aliphatic carbocycles. The monoisotopic (exact) mass is 503 g/mol. The predicted octanol–water partition coefficient (Wildman–Crippen LogP) is 4.63. The van der Waals surface area contributed by atoms with E-state index in [1.165, 1.54) is 11.3 Å². The number of rotatable bonds is 4. The summed E-state index contributed by atoms with van der Waals surface area (Å²) in [7, 11) is 3.69. The molecule has 26 heavy (non-hydrogen) atoms. The van der Waals surface area contributed by atoms with Crippen LogP contribution < -0.4 is 14.2 Å². The number of Topliss-reactive ketones (excluding diaryl/α,β-unsaturated/α-hetero) is 1. The van der Waals surface area contributed by atoms with E-state index in [2.05, 4.69) is 20.8 Å². The van der Waals surface area contributed by atoms with E-state index in [0.29, 0.717) is 23.7 Å². The first-order valence-corrected chi connectivity index (χ1v) is 9.73. The van der Waals surface area contributed by atoms with Crippen LogP contribution in [0.1, 0.15) is 33.3 Å². The zero-order valence-corrected chi connectivity index (χ0v) is 18.5. The minimum Gasteiger partial charge on any atom is -0.492 e. The predicted molar refractivity (Wildman–Crippen MR) is 109 cm³/mol. The summed E-state index contributed by atoms with van der Waals surface area (Å²) in [6.07, 6.45) is 1.27. The van der Waals surface area contributed by atoms with Crippen LogP contribution in [0.25, 0.3) is 0 Å². The number of ether oxygens (including phenoxy) is 3. The van der Waals surface area contributed by atoms with Crippen molar-refractivity contribution < 1.29 is 19.0 Å². The van der Waals surface area contributed by atoms with Gasteiger partial charge in [-0.05, 0) is 46.4 Å². The summed E-state index contributed by atoms with van der Waals surface area (Å²) in [5, 5.41) is 1.93. The minimum absolute atomic E-state index is 0. The van der Waals surface area contributed by atoms with Crippen molar-refractivity contribution in [2.45, 2.75) is 18.9 Å². The van der Waals surface area contributed by atoms with Gasteiger partial charge in [0.25, 0.3) is 0 Å². The maximum absolute atomic E-state index is 12.7. The second kappa shape index (κ2) is 7.88. The number of nitrogens with zero attached hydrogens (tertiary/aromatic N) is 1. The second-order valence-electron chi connectivity index (χ2n) is 6.16. The number of ketones is 1. The molecule has 0 radical (unpaired) electrons. The first kappa shape index (κ1) is 19.7. The van der Waals surface area contributed by atoms with Gasteiger partial charge in [-0.2, -0.15) is 0 Å². The van der Waals surface area contributed by atoms with Crippen molar-refractivity contribution in [3.05, 3.63) is 38.0 Å². The van der Waals surface area contributed by atoms with Crippen molar-refractivity contribution in [3.8, 4) is 17.2 Å². The smallest absolute Gasteiger partial charge is 0.231 e. The molecule has 1 aromatic heterocycles. The molecule has 4 rings (SSSR count). The molecular weight excluding hydrogens is 486 g/mol. The number of methoxy groups -OCH3 is 1. The normalized spacial score (nSPS) is 18.2. The van der Waals surface area contributed by atoms with Crippen molar-refractivity contribution in [2.24, 2.45) is 0 Å². The quantitative estimate of drug-likeness (QED) is 0.568. The third-order valence-electron chi connectivity index (χ3n) is 4.81. The molecule has 1 aromatic carbocycles. The van der Waals surface area contributed by atoms with E-state index in [1.54, 1.807) is 7.11 Å². The van der Waals surface area contributed by atoms with Crippen molar-refractivity contribution in [3.63, 3.8) is 0 Å². The number of benzene rings is 1. The Hall–Kier alpha value is -1.09. The lowest BCUT2D eigenvalue weighted by Gasteiger charge is -2.36. The van der Waals surface area contributed by atoms with Crippen LogP contribution in [0.3, 0.4) is 0 Å². The Bertz CT molecular complexity index is 825. The summed E-state index contributed by atoms with van der Waals surface area (Å²) in [6, 6.07) is 3.73. The summed E-state index contributed by atoms with van der Waals surface area (Å²) >= 11 is 5.15. The summed E-state index contributed by atoms with van der Waals surface area (Å²) in [4.78, 5) is 15.7. The van der Waals surface area contributed by atoms with E-state index in [0.717, 1.165) is 33.4 Å². The molecule has 2 aromatic rings. The highest BCUT2D eigenvalue weighted by Crippen LogP contribution is 2.54. The molecule has 0 spiro atoms. The Morgan fingerprint density at radius 2 is 2.19 bits per heavy atom. The van der Waals surface area contributed by atoms with Crippen LogP contribution in [0.2, 0.25) is 0 Å². The molecule has 5 nitrogen and oxygen atoms in total. The Balaban J connectivity index is 0.00000196. The Morgan fingerprint density at radius 1 is 1.42 bits per heavy atom. The molecule has 2 aliphatic rings. The Morgan fingerprint density at radius 3 is 2.88 bits per heavy atom.